The SMILES string of the molecule is CC(C)C1=CC2OC(F)(F)OC2C=C1Cl. The van der Waals surface area contributed by atoms with Gasteiger partial charge in [0, 0.05) is 5.03 Å². The second kappa shape index (κ2) is 3.54. The minimum Gasteiger partial charge on any atom is -0.285 e. The highest BCUT2D eigenvalue weighted by Gasteiger charge is 2.49. The molecular formula is C10H11ClF2O2. The Morgan fingerprint density at radius 2 is 1.80 bits per heavy atom. The van der Waals surface area contributed by atoms with E-state index in [0.717, 1.165) is 5.57 Å². The molecule has 0 spiro atoms. The maximum absolute atomic E-state index is 12.8. The molecule has 0 N–H and O–H groups in total. The van der Waals surface area contributed by atoms with Gasteiger partial charge >= 0.3 is 6.29 Å². The van der Waals surface area contributed by atoms with Gasteiger partial charge in [-0.15, -0.1) is 8.78 Å². The highest BCUT2D eigenvalue weighted by atomic mass is 35.5. The zero-order valence-electron chi connectivity index (χ0n) is 8.34. The standard InChI is InChI=1S/C10H11ClF2O2/c1-5(2)6-3-8-9(4-7(6)11)15-10(12,13)14-8/h3-5,8-9H,1-2H3. The quantitative estimate of drug-likeness (QED) is 0.697. The average Bonchev–Trinajstić information content (AvgIpc) is 2.36. The minimum absolute atomic E-state index is 0.174. The molecule has 1 aliphatic carbocycles. The smallest absolute Gasteiger partial charge is 0.285 e. The third kappa shape index (κ3) is 2.07. The number of ether oxygens (including phenoxy) is 2. The third-order valence-electron chi connectivity index (χ3n) is 2.42. The van der Waals surface area contributed by atoms with E-state index in [2.05, 4.69) is 9.47 Å². The summed E-state index contributed by atoms with van der Waals surface area (Å²) in [5.74, 6) is 0.174. The molecule has 2 rings (SSSR count). The summed E-state index contributed by atoms with van der Waals surface area (Å²) in [6, 6.07) is 0. The van der Waals surface area contributed by atoms with Crippen LogP contribution in [-0.4, -0.2) is 18.5 Å². The number of allylic oxidation sites excluding steroid dienone is 2. The summed E-state index contributed by atoms with van der Waals surface area (Å²) >= 11 is 5.95. The van der Waals surface area contributed by atoms with E-state index in [1.54, 1.807) is 6.08 Å². The summed E-state index contributed by atoms with van der Waals surface area (Å²) in [4.78, 5) is 0. The van der Waals surface area contributed by atoms with Crippen LogP contribution in [0.5, 0.6) is 0 Å². The number of halogens is 3. The van der Waals surface area contributed by atoms with Crippen LogP contribution >= 0.6 is 11.6 Å². The molecule has 0 amide bonds. The van der Waals surface area contributed by atoms with Crippen LogP contribution < -0.4 is 0 Å². The van der Waals surface area contributed by atoms with Crippen LogP contribution in [-0.2, 0) is 9.47 Å². The van der Waals surface area contributed by atoms with E-state index in [1.165, 1.54) is 6.08 Å². The molecule has 1 aliphatic heterocycles. The fraction of sp³-hybridized carbons (Fsp3) is 0.600. The molecule has 2 unspecified atom stereocenters. The van der Waals surface area contributed by atoms with Crippen LogP contribution in [0.3, 0.4) is 0 Å². The van der Waals surface area contributed by atoms with Gasteiger partial charge in [0.2, 0.25) is 0 Å². The highest BCUT2D eigenvalue weighted by molar-refractivity contribution is 6.32. The second-order valence-corrected chi connectivity index (χ2v) is 4.33. The summed E-state index contributed by atoms with van der Waals surface area (Å²) in [5.41, 5.74) is 0.819. The lowest BCUT2D eigenvalue weighted by Gasteiger charge is -2.20. The van der Waals surface area contributed by atoms with Crippen molar-refractivity contribution in [2.24, 2.45) is 5.92 Å². The van der Waals surface area contributed by atoms with Gasteiger partial charge in [-0.3, -0.25) is 9.47 Å². The predicted molar refractivity (Wildman–Crippen MR) is 51.6 cm³/mol. The van der Waals surface area contributed by atoms with Gasteiger partial charge in [-0.05, 0) is 23.6 Å². The Kier molecular flexibility index (Phi) is 2.61. The van der Waals surface area contributed by atoms with Gasteiger partial charge in [-0.2, -0.15) is 0 Å². The van der Waals surface area contributed by atoms with Gasteiger partial charge in [0.15, 0.2) is 0 Å². The lowest BCUT2D eigenvalue weighted by Crippen LogP contribution is -2.23. The fourth-order valence-corrected chi connectivity index (χ4v) is 2.11. The monoisotopic (exact) mass is 236 g/mol. The van der Waals surface area contributed by atoms with Crippen molar-refractivity contribution in [3.63, 3.8) is 0 Å². The Balaban J connectivity index is 2.26. The molecule has 1 fully saturated rings. The summed E-state index contributed by atoms with van der Waals surface area (Å²) in [5, 5.41) is 0.465. The zero-order chi connectivity index (χ0) is 11.2. The summed E-state index contributed by atoms with van der Waals surface area (Å²) in [6.45, 7) is 3.88. The van der Waals surface area contributed by atoms with E-state index in [-0.39, 0.29) is 5.92 Å². The largest absolute Gasteiger partial charge is 0.486 e. The van der Waals surface area contributed by atoms with Crippen molar-refractivity contribution in [3.8, 4) is 0 Å². The van der Waals surface area contributed by atoms with Crippen molar-refractivity contribution < 1.29 is 18.3 Å². The molecule has 84 valence electrons. The third-order valence-corrected chi connectivity index (χ3v) is 2.77. The first-order chi connectivity index (χ1) is 6.89. The molecule has 2 nitrogen and oxygen atoms in total. The Labute approximate surface area is 91.5 Å². The van der Waals surface area contributed by atoms with E-state index in [0.29, 0.717) is 5.03 Å². The van der Waals surface area contributed by atoms with E-state index in [9.17, 15) is 8.78 Å². The lowest BCUT2D eigenvalue weighted by molar-refractivity contribution is -0.347. The first kappa shape index (κ1) is 11.0. The van der Waals surface area contributed by atoms with Crippen molar-refractivity contribution in [1.82, 2.24) is 0 Å². The van der Waals surface area contributed by atoms with Crippen LogP contribution in [0.15, 0.2) is 22.8 Å². The number of hydrogen-bond donors (Lipinski definition) is 0. The van der Waals surface area contributed by atoms with E-state index < -0.39 is 18.5 Å². The average molecular weight is 237 g/mol. The van der Waals surface area contributed by atoms with E-state index >= 15 is 0 Å². The van der Waals surface area contributed by atoms with Gasteiger partial charge in [0.25, 0.3) is 0 Å². The second-order valence-electron chi connectivity index (χ2n) is 3.92. The molecule has 1 heterocycles. The molecule has 0 aromatic carbocycles. The Morgan fingerprint density at radius 3 is 2.33 bits per heavy atom. The number of alkyl halides is 2. The Bertz CT molecular complexity index is 336. The van der Waals surface area contributed by atoms with Crippen LogP contribution in [0.1, 0.15) is 13.8 Å². The van der Waals surface area contributed by atoms with Crippen molar-refractivity contribution in [2.45, 2.75) is 32.4 Å². The molecule has 2 atom stereocenters. The molecule has 15 heavy (non-hydrogen) atoms. The van der Waals surface area contributed by atoms with Crippen molar-refractivity contribution in [1.29, 1.82) is 0 Å². The van der Waals surface area contributed by atoms with Gasteiger partial charge < -0.3 is 0 Å². The first-order valence-electron chi connectivity index (χ1n) is 4.72. The topological polar surface area (TPSA) is 18.5 Å². The maximum atomic E-state index is 12.8. The maximum Gasteiger partial charge on any atom is 0.486 e. The molecule has 1 saturated heterocycles. The van der Waals surface area contributed by atoms with Gasteiger partial charge in [0.1, 0.15) is 12.2 Å². The van der Waals surface area contributed by atoms with Gasteiger partial charge in [-0.25, -0.2) is 0 Å². The molecule has 0 aromatic rings. The molecule has 0 saturated carbocycles. The molecule has 5 heteroatoms. The summed E-state index contributed by atoms with van der Waals surface area (Å²) < 4.78 is 34.3. The van der Waals surface area contributed by atoms with Crippen LogP contribution in [0, 0.1) is 5.92 Å². The molecule has 0 aromatic heterocycles. The predicted octanol–water partition coefficient (Wildman–Crippen LogP) is 3.04. The first-order valence-corrected chi connectivity index (χ1v) is 5.10. The van der Waals surface area contributed by atoms with Crippen molar-refractivity contribution in [2.75, 3.05) is 0 Å². The van der Waals surface area contributed by atoms with Crippen molar-refractivity contribution >= 4 is 11.6 Å². The van der Waals surface area contributed by atoms with E-state index in [1.807, 2.05) is 13.8 Å². The highest BCUT2D eigenvalue weighted by Crippen LogP contribution is 2.39. The molecule has 2 aliphatic rings. The zero-order valence-corrected chi connectivity index (χ0v) is 9.09. The van der Waals surface area contributed by atoms with Gasteiger partial charge in [-0.1, -0.05) is 25.4 Å². The minimum atomic E-state index is -3.51. The van der Waals surface area contributed by atoms with Gasteiger partial charge in [0.05, 0.1) is 0 Å². The number of rotatable bonds is 1. The van der Waals surface area contributed by atoms with Crippen LogP contribution in [0.2, 0.25) is 0 Å². The van der Waals surface area contributed by atoms with E-state index in [4.69, 9.17) is 11.6 Å². The van der Waals surface area contributed by atoms with Crippen LogP contribution in [0.4, 0.5) is 8.78 Å². The normalized spacial score (nSPS) is 33.7. The summed E-state index contributed by atoms with van der Waals surface area (Å²) in [7, 11) is 0. The fourth-order valence-electron chi connectivity index (χ4n) is 1.70. The van der Waals surface area contributed by atoms with Crippen molar-refractivity contribution in [3.05, 3.63) is 22.8 Å². The summed E-state index contributed by atoms with van der Waals surface area (Å²) in [6.07, 6.45) is -1.94. The molecule has 0 bridgehead atoms. The molecular weight excluding hydrogens is 226 g/mol. The molecule has 0 radical (unpaired) electrons. The Morgan fingerprint density at radius 1 is 1.27 bits per heavy atom. The number of fused-ring (bicyclic) bond motifs is 1. The Hall–Kier alpha value is -0.450. The lowest BCUT2D eigenvalue weighted by atomic mass is 9.94. The number of hydrogen-bond acceptors (Lipinski definition) is 2. The van der Waals surface area contributed by atoms with Crippen LogP contribution in [0.25, 0.3) is 0 Å².